The summed E-state index contributed by atoms with van der Waals surface area (Å²) in [6.45, 7) is 6.32. The number of nitrogens with one attached hydrogen (secondary N) is 1. The number of hydrogen-bond acceptors (Lipinski definition) is 3. The molecule has 1 aliphatic rings. The van der Waals surface area contributed by atoms with Gasteiger partial charge in [0, 0.05) is 19.1 Å². The number of carbonyl (C=O) groups is 1. The number of carbonyl (C=O) groups excluding carboxylic acids is 1. The molecule has 0 saturated carbocycles. The molecule has 2 rings (SSSR count). The van der Waals surface area contributed by atoms with E-state index in [1.807, 2.05) is 24.1 Å². The molecule has 1 aromatic carbocycles. The molecule has 1 atom stereocenters. The van der Waals surface area contributed by atoms with Gasteiger partial charge in [0.25, 0.3) is 0 Å². The van der Waals surface area contributed by atoms with Gasteiger partial charge < -0.3 is 15.0 Å². The van der Waals surface area contributed by atoms with Crippen LogP contribution in [0.25, 0.3) is 0 Å². The highest BCUT2D eigenvalue weighted by atomic mass is 16.5. The standard InChI is InChI=1S/C17H26N2O2/c1-13-9-14(2)11-16(10-13)21-8-6-17(20)19-7-4-5-15(19)12-18-3/h9-11,15,18H,4-8,12H2,1-3H3. The predicted molar refractivity (Wildman–Crippen MR) is 84.7 cm³/mol. The van der Waals surface area contributed by atoms with E-state index in [0.29, 0.717) is 19.1 Å². The number of benzene rings is 1. The largest absolute Gasteiger partial charge is 0.493 e. The molecule has 0 spiro atoms. The molecular formula is C17H26N2O2. The van der Waals surface area contributed by atoms with E-state index in [4.69, 9.17) is 4.74 Å². The van der Waals surface area contributed by atoms with Crippen molar-refractivity contribution in [1.29, 1.82) is 0 Å². The van der Waals surface area contributed by atoms with Crippen LogP contribution in [0.2, 0.25) is 0 Å². The average Bonchev–Trinajstić information content (AvgIpc) is 2.86. The zero-order valence-corrected chi connectivity index (χ0v) is 13.3. The molecule has 21 heavy (non-hydrogen) atoms. The van der Waals surface area contributed by atoms with Gasteiger partial charge in [0.2, 0.25) is 5.91 Å². The first kappa shape index (κ1) is 15.8. The van der Waals surface area contributed by atoms with Crippen molar-refractivity contribution in [1.82, 2.24) is 10.2 Å². The highest BCUT2D eigenvalue weighted by Crippen LogP contribution is 2.19. The molecule has 4 nitrogen and oxygen atoms in total. The normalized spacial score (nSPS) is 18.0. The van der Waals surface area contributed by atoms with Crippen molar-refractivity contribution in [3.63, 3.8) is 0 Å². The minimum atomic E-state index is 0.206. The van der Waals surface area contributed by atoms with Gasteiger partial charge in [-0.15, -0.1) is 0 Å². The van der Waals surface area contributed by atoms with Gasteiger partial charge in [-0.05, 0) is 57.0 Å². The Balaban J connectivity index is 1.81. The van der Waals surface area contributed by atoms with Crippen LogP contribution in [0.3, 0.4) is 0 Å². The van der Waals surface area contributed by atoms with Gasteiger partial charge in [-0.1, -0.05) is 6.07 Å². The molecule has 116 valence electrons. The molecule has 1 saturated heterocycles. The quantitative estimate of drug-likeness (QED) is 0.874. The first-order chi connectivity index (χ1) is 10.1. The van der Waals surface area contributed by atoms with Crippen molar-refractivity contribution in [2.75, 3.05) is 26.7 Å². The molecule has 0 bridgehead atoms. The number of hydrogen-bond donors (Lipinski definition) is 1. The van der Waals surface area contributed by atoms with Crippen molar-refractivity contribution in [3.8, 4) is 5.75 Å². The molecule has 1 aromatic rings. The zero-order valence-electron chi connectivity index (χ0n) is 13.3. The fourth-order valence-electron chi connectivity index (χ4n) is 3.03. The van der Waals surface area contributed by atoms with Crippen molar-refractivity contribution >= 4 is 5.91 Å². The molecular weight excluding hydrogens is 264 g/mol. The van der Waals surface area contributed by atoms with Crippen LogP contribution in [0.1, 0.15) is 30.4 Å². The second-order valence-corrected chi connectivity index (χ2v) is 5.86. The summed E-state index contributed by atoms with van der Waals surface area (Å²) in [5, 5.41) is 3.16. The summed E-state index contributed by atoms with van der Waals surface area (Å²) in [5.41, 5.74) is 2.37. The lowest BCUT2D eigenvalue weighted by Gasteiger charge is -2.24. The van der Waals surface area contributed by atoms with Gasteiger partial charge in [-0.3, -0.25) is 4.79 Å². The number of amides is 1. The van der Waals surface area contributed by atoms with Crippen molar-refractivity contribution in [3.05, 3.63) is 29.3 Å². The van der Waals surface area contributed by atoms with Crippen LogP contribution in [0.4, 0.5) is 0 Å². The van der Waals surface area contributed by atoms with Crippen LogP contribution < -0.4 is 10.1 Å². The first-order valence-electron chi connectivity index (χ1n) is 7.75. The Morgan fingerprint density at radius 3 is 2.71 bits per heavy atom. The molecule has 1 heterocycles. The fraction of sp³-hybridized carbons (Fsp3) is 0.588. The minimum absolute atomic E-state index is 0.206. The summed E-state index contributed by atoms with van der Waals surface area (Å²) in [5.74, 6) is 1.06. The third-order valence-electron chi connectivity index (χ3n) is 3.92. The number of nitrogens with zero attached hydrogens (tertiary/aromatic N) is 1. The maximum absolute atomic E-state index is 12.3. The molecule has 1 aliphatic heterocycles. The molecule has 4 heteroatoms. The van der Waals surface area contributed by atoms with Gasteiger partial charge in [0.05, 0.1) is 13.0 Å². The monoisotopic (exact) mass is 290 g/mol. The molecule has 1 unspecified atom stereocenters. The topological polar surface area (TPSA) is 41.6 Å². The summed E-state index contributed by atoms with van der Waals surface area (Å²) >= 11 is 0. The summed E-state index contributed by atoms with van der Waals surface area (Å²) in [7, 11) is 1.93. The molecule has 1 amide bonds. The molecule has 1 N–H and O–H groups in total. The smallest absolute Gasteiger partial charge is 0.226 e. The van der Waals surface area contributed by atoms with Crippen LogP contribution in [-0.4, -0.2) is 43.6 Å². The Bertz CT molecular complexity index is 467. The lowest BCUT2D eigenvalue weighted by Crippen LogP contribution is -2.41. The fourth-order valence-corrected chi connectivity index (χ4v) is 3.03. The van der Waals surface area contributed by atoms with E-state index in [9.17, 15) is 4.79 Å². The average molecular weight is 290 g/mol. The molecule has 0 aliphatic carbocycles. The van der Waals surface area contributed by atoms with E-state index in [1.54, 1.807) is 0 Å². The Morgan fingerprint density at radius 1 is 1.33 bits per heavy atom. The third kappa shape index (κ3) is 4.46. The highest BCUT2D eigenvalue weighted by Gasteiger charge is 2.27. The highest BCUT2D eigenvalue weighted by molar-refractivity contribution is 5.77. The van der Waals surface area contributed by atoms with Crippen molar-refractivity contribution < 1.29 is 9.53 Å². The van der Waals surface area contributed by atoms with E-state index in [-0.39, 0.29) is 5.91 Å². The van der Waals surface area contributed by atoms with Gasteiger partial charge in [0.15, 0.2) is 0 Å². The van der Waals surface area contributed by atoms with Gasteiger partial charge in [0.1, 0.15) is 5.75 Å². The molecule has 0 aromatic heterocycles. The first-order valence-corrected chi connectivity index (χ1v) is 7.75. The van der Waals surface area contributed by atoms with Crippen molar-refractivity contribution in [2.24, 2.45) is 0 Å². The van der Waals surface area contributed by atoms with Crippen molar-refractivity contribution in [2.45, 2.75) is 39.2 Å². The Kier molecular flexibility index (Phi) is 5.62. The summed E-state index contributed by atoms with van der Waals surface area (Å²) in [6, 6.07) is 6.49. The van der Waals surface area contributed by atoms with E-state index < -0.39 is 0 Å². The maximum Gasteiger partial charge on any atom is 0.226 e. The lowest BCUT2D eigenvalue weighted by atomic mass is 10.1. The van der Waals surface area contributed by atoms with E-state index >= 15 is 0 Å². The number of ether oxygens (including phenoxy) is 1. The Labute approximate surface area is 127 Å². The second kappa shape index (κ2) is 7.46. The second-order valence-electron chi connectivity index (χ2n) is 5.86. The predicted octanol–water partition coefficient (Wildman–Crippen LogP) is 2.28. The van der Waals surface area contributed by atoms with E-state index in [2.05, 4.69) is 25.2 Å². The van der Waals surface area contributed by atoms with Crippen LogP contribution in [0, 0.1) is 13.8 Å². The van der Waals surface area contributed by atoms with Gasteiger partial charge in [-0.2, -0.15) is 0 Å². The number of rotatable bonds is 6. The zero-order chi connectivity index (χ0) is 15.2. The molecule has 1 fully saturated rings. The van der Waals surface area contributed by atoms with Gasteiger partial charge in [-0.25, -0.2) is 0 Å². The summed E-state index contributed by atoms with van der Waals surface area (Å²) in [6.07, 6.45) is 2.66. The summed E-state index contributed by atoms with van der Waals surface area (Å²) in [4.78, 5) is 14.3. The number of likely N-dealkylation sites (N-methyl/N-ethyl adjacent to an activating group) is 1. The van der Waals surface area contributed by atoms with Crippen LogP contribution >= 0.6 is 0 Å². The summed E-state index contributed by atoms with van der Waals surface area (Å²) < 4.78 is 5.73. The van der Waals surface area contributed by atoms with E-state index in [1.165, 1.54) is 11.1 Å². The minimum Gasteiger partial charge on any atom is -0.493 e. The third-order valence-corrected chi connectivity index (χ3v) is 3.92. The van der Waals surface area contributed by atoms with Crippen LogP contribution in [-0.2, 0) is 4.79 Å². The SMILES string of the molecule is CNCC1CCCN1C(=O)CCOc1cc(C)cc(C)c1. The lowest BCUT2D eigenvalue weighted by molar-refractivity contribution is -0.132. The maximum atomic E-state index is 12.3. The number of aryl methyl sites for hydroxylation is 2. The molecule has 0 radical (unpaired) electrons. The Morgan fingerprint density at radius 2 is 2.05 bits per heavy atom. The van der Waals surface area contributed by atoms with Gasteiger partial charge >= 0.3 is 0 Å². The Hall–Kier alpha value is -1.55. The number of likely N-dealkylation sites (tertiary alicyclic amines) is 1. The van der Waals surface area contributed by atoms with Crippen LogP contribution in [0.15, 0.2) is 18.2 Å². The van der Waals surface area contributed by atoms with Crippen LogP contribution in [0.5, 0.6) is 5.75 Å². The van der Waals surface area contributed by atoms with E-state index in [0.717, 1.165) is 31.7 Å².